The quantitative estimate of drug-likeness (QED) is 0.0330. The lowest BCUT2D eigenvalue weighted by Gasteiger charge is -2.28. The number of rotatable bonds is 17. The first kappa shape index (κ1) is 58.4. The lowest BCUT2D eigenvalue weighted by atomic mass is 9.99. The molecule has 24 nitrogen and oxygen atoms in total. The van der Waals surface area contributed by atoms with Crippen LogP contribution in [-0.4, -0.2) is 129 Å². The molecule has 1 aliphatic heterocycles. The van der Waals surface area contributed by atoms with Crippen LogP contribution in [0.5, 0.6) is 0 Å². The van der Waals surface area contributed by atoms with E-state index >= 15 is 0 Å². The van der Waals surface area contributed by atoms with Gasteiger partial charge < -0.3 is 69.7 Å². The number of imidazole rings is 1. The third-order valence-corrected chi connectivity index (χ3v) is 13.3. The van der Waals surface area contributed by atoms with E-state index in [1.54, 1.807) is 12.3 Å². The molecule has 0 spiro atoms. The van der Waals surface area contributed by atoms with Gasteiger partial charge in [-0.25, -0.2) is 4.98 Å². The Morgan fingerprint density at radius 1 is 0.744 bits per heavy atom. The van der Waals surface area contributed by atoms with Crippen LogP contribution in [-0.2, 0) is 62.4 Å². The molecular weight excluding hydrogens is 1000 g/mol. The van der Waals surface area contributed by atoms with Gasteiger partial charge in [-0.3, -0.25) is 48.1 Å². The molecule has 1 fully saturated rings. The van der Waals surface area contributed by atoms with E-state index in [9.17, 15) is 43.2 Å². The molecule has 0 radical (unpaired) electrons. The lowest BCUT2D eigenvalue weighted by molar-refractivity contribution is -0.136. The fraction of sp³-hybridized carbons (Fsp3) is 0.426. The van der Waals surface area contributed by atoms with Gasteiger partial charge in [0.15, 0.2) is 5.96 Å². The van der Waals surface area contributed by atoms with Crippen molar-refractivity contribution in [3.8, 4) is 0 Å². The van der Waals surface area contributed by atoms with Crippen molar-refractivity contribution in [3.63, 3.8) is 0 Å². The number of nitrogens with one attached hydrogen (secondary N) is 10. The summed E-state index contributed by atoms with van der Waals surface area (Å²) in [6.45, 7) is 3.25. The summed E-state index contributed by atoms with van der Waals surface area (Å²) in [6, 6.07) is 10.9. The number of fused-ring (bicyclic) bond motifs is 2. The van der Waals surface area contributed by atoms with Gasteiger partial charge in [0.1, 0.15) is 42.3 Å². The first-order valence-corrected chi connectivity index (χ1v) is 26.2. The van der Waals surface area contributed by atoms with E-state index in [-0.39, 0.29) is 76.8 Å². The summed E-state index contributed by atoms with van der Waals surface area (Å²) in [5, 5.41) is 24.3. The van der Waals surface area contributed by atoms with E-state index in [0.29, 0.717) is 29.7 Å². The van der Waals surface area contributed by atoms with Crippen molar-refractivity contribution in [2.24, 2.45) is 22.2 Å². The Kier molecular flexibility index (Phi) is 21.6. The van der Waals surface area contributed by atoms with Gasteiger partial charge in [0, 0.05) is 68.3 Å². The average Bonchev–Trinajstić information content (AvgIpc) is 4.10. The zero-order valence-electron chi connectivity index (χ0n) is 43.8. The molecule has 16 N–H and O–H groups in total. The van der Waals surface area contributed by atoms with Crippen LogP contribution in [0.4, 0.5) is 0 Å². The zero-order chi connectivity index (χ0) is 56.1. The maximum absolute atomic E-state index is 15.0. The molecule has 3 heterocycles. The van der Waals surface area contributed by atoms with E-state index in [0.717, 1.165) is 21.7 Å². The summed E-state index contributed by atoms with van der Waals surface area (Å²) in [4.78, 5) is 140. The molecule has 24 heteroatoms. The van der Waals surface area contributed by atoms with Gasteiger partial charge >= 0.3 is 0 Å². The molecule has 5 aromatic rings. The molecule has 1 saturated heterocycles. The second-order valence-electron chi connectivity index (χ2n) is 19.4. The van der Waals surface area contributed by atoms with Crippen molar-refractivity contribution in [1.82, 2.24) is 57.5 Å². The van der Waals surface area contributed by atoms with Crippen LogP contribution in [0.3, 0.4) is 0 Å². The van der Waals surface area contributed by atoms with Gasteiger partial charge in [-0.1, -0.05) is 80.4 Å². The van der Waals surface area contributed by atoms with E-state index < -0.39 is 102 Å². The van der Waals surface area contributed by atoms with Gasteiger partial charge in [-0.15, -0.1) is 0 Å². The first-order chi connectivity index (χ1) is 37.5. The Balaban J connectivity index is 1.41. The van der Waals surface area contributed by atoms with Gasteiger partial charge in [0.25, 0.3) is 0 Å². The van der Waals surface area contributed by atoms with Crippen molar-refractivity contribution in [1.29, 1.82) is 0 Å². The minimum Gasteiger partial charge on any atom is -0.370 e. The third-order valence-electron chi connectivity index (χ3n) is 13.3. The van der Waals surface area contributed by atoms with Crippen molar-refractivity contribution >= 4 is 80.8 Å². The summed E-state index contributed by atoms with van der Waals surface area (Å²) in [7, 11) is 0. The number of benzene rings is 3. The fourth-order valence-corrected chi connectivity index (χ4v) is 9.15. The number of carbonyl (C=O) groups is 9. The molecule has 1 unspecified atom stereocenters. The van der Waals surface area contributed by atoms with Gasteiger partial charge in [-0.2, -0.15) is 0 Å². The van der Waals surface area contributed by atoms with Crippen LogP contribution >= 0.6 is 0 Å². The number of unbranched alkanes of at least 4 members (excludes halogenated alkanes) is 1. The number of nitrogens with two attached hydrogens (primary N) is 3. The molecule has 0 aliphatic carbocycles. The second kappa shape index (κ2) is 28.9. The van der Waals surface area contributed by atoms with Crippen molar-refractivity contribution in [2.75, 3.05) is 13.1 Å². The van der Waals surface area contributed by atoms with E-state index in [2.05, 4.69) is 62.5 Å². The zero-order valence-corrected chi connectivity index (χ0v) is 43.8. The van der Waals surface area contributed by atoms with E-state index in [1.807, 2.05) is 67.6 Å². The number of aromatic amines is 2. The molecule has 78 heavy (non-hydrogen) atoms. The number of nitrogens with zero attached hydrogens (tertiary/aromatic N) is 2. The van der Waals surface area contributed by atoms with Crippen molar-refractivity contribution < 1.29 is 43.2 Å². The van der Waals surface area contributed by atoms with E-state index in [4.69, 9.17) is 17.2 Å². The summed E-state index contributed by atoms with van der Waals surface area (Å²) in [6.07, 6.45) is 5.65. The summed E-state index contributed by atoms with van der Waals surface area (Å²) < 4.78 is 0. The van der Waals surface area contributed by atoms with Crippen molar-refractivity contribution in [3.05, 3.63) is 102 Å². The molecule has 0 saturated carbocycles. The molecule has 1 aliphatic rings. The van der Waals surface area contributed by atoms with Crippen LogP contribution in [0.2, 0.25) is 0 Å². The van der Waals surface area contributed by atoms with E-state index in [1.165, 1.54) is 19.4 Å². The standard InChI is InChI=1S/C54H71N15O9/c1-3-4-15-40(63-31(2)70)48(73)69-45-27-46(71)59-21-10-9-17-39(47(55)72)64-51(76)43(25-35-28-61-38-16-8-7-14-37(35)38)67-49(74)41(18-11-22-60-54(56)57)65-50(75)42(24-32-19-20-33-12-5-6-13-34(33)23-32)66-52(77)44(68-53(45)78)26-36-29-58-30-62-36/h5-8,12-14,16,19-20,23,28-30,39-45,61H,3-4,9-11,15,17-18,21-22,24-27H2,1-2H3,(H2,55,72)(H,58,62)(H,59,71)(H,63,70)(H,64,76)(H,65,75)(H,66,77)(H,67,74)(H,68,78)(H,69,73)(H4,56,57,60)/t39-,40-,41-,42?,43-,44-,45-/m0/s1. The number of primary amides is 1. The maximum Gasteiger partial charge on any atom is 0.243 e. The van der Waals surface area contributed by atoms with Crippen molar-refractivity contribution in [2.45, 2.75) is 133 Å². The number of hydrogen-bond donors (Lipinski definition) is 13. The summed E-state index contributed by atoms with van der Waals surface area (Å²) >= 11 is 0. The highest BCUT2D eigenvalue weighted by Gasteiger charge is 2.35. The van der Waals surface area contributed by atoms with Gasteiger partial charge in [0.05, 0.1) is 12.7 Å². The molecule has 0 bridgehead atoms. The highest BCUT2D eigenvalue weighted by atomic mass is 16.2. The minimum absolute atomic E-state index is 0.0366. The van der Waals surface area contributed by atoms with Gasteiger partial charge in [-0.05, 0) is 66.5 Å². The predicted octanol–water partition coefficient (Wildman–Crippen LogP) is -0.0951. The average molecular weight is 1070 g/mol. The normalized spacial score (nSPS) is 20.9. The molecule has 2 aromatic heterocycles. The van der Waals surface area contributed by atoms with Crippen LogP contribution in [0.1, 0.15) is 88.5 Å². The number of para-hydroxylation sites is 1. The predicted molar refractivity (Wildman–Crippen MR) is 291 cm³/mol. The minimum atomic E-state index is -1.59. The monoisotopic (exact) mass is 1070 g/mol. The number of hydrogen-bond acceptors (Lipinski definition) is 11. The number of amides is 9. The number of aliphatic imine (C=N–C) groups is 1. The molecule has 6 rings (SSSR count). The van der Waals surface area contributed by atoms with Crippen LogP contribution in [0.25, 0.3) is 21.7 Å². The summed E-state index contributed by atoms with van der Waals surface area (Å²) in [5.41, 5.74) is 19.5. The molecule has 3 aromatic carbocycles. The first-order valence-electron chi connectivity index (χ1n) is 26.2. The largest absolute Gasteiger partial charge is 0.370 e. The van der Waals surface area contributed by atoms with Crippen LogP contribution in [0, 0.1) is 0 Å². The molecule has 7 atom stereocenters. The molecule has 9 amide bonds. The number of carbonyl (C=O) groups excluding carboxylic acids is 9. The van der Waals surface area contributed by atoms with Crippen LogP contribution < -0.4 is 59.7 Å². The topological polar surface area (TPSA) is 385 Å². The Morgan fingerprint density at radius 2 is 1.41 bits per heavy atom. The Hall–Kier alpha value is -8.83. The molecule has 416 valence electrons. The smallest absolute Gasteiger partial charge is 0.243 e. The SMILES string of the molecule is CCCC[C@H](NC(C)=O)C(=O)N[C@H]1CC(=O)NCCCC[C@@H](C(N)=O)NC(=O)[C@H](Cc2c[nH]c3ccccc23)NC(=O)[C@H](CCCN=C(N)N)NC(=O)C(Cc2ccc3ccccc3c2)NC(=O)[C@H](Cc2cnc[nH]2)NC1=O. The Morgan fingerprint density at radius 3 is 2.12 bits per heavy atom. The number of guanidine groups is 1. The van der Waals surface area contributed by atoms with Crippen LogP contribution in [0.15, 0.2) is 90.4 Å². The number of aromatic nitrogens is 3. The fourth-order valence-electron chi connectivity index (χ4n) is 9.15. The Labute approximate surface area is 450 Å². The second-order valence-corrected chi connectivity index (χ2v) is 19.4. The summed E-state index contributed by atoms with van der Waals surface area (Å²) in [5.74, 6) is -7.13. The highest BCUT2D eigenvalue weighted by Crippen LogP contribution is 2.21. The highest BCUT2D eigenvalue weighted by molar-refractivity contribution is 5.99. The number of H-pyrrole nitrogens is 2. The maximum atomic E-state index is 15.0. The Bertz CT molecular complexity index is 2940. The van der Waals surface area contributed by atoms with Gasteiger partial charge in [0.2, 0.25) is 53.2 Å². The third kappa shape index (κ3) is 17.6. The lowest BCUT2D eigenvalue weighted by Crippen LogP contribution is -2.61. The molecular formula is C54H71N15O9.